The maximum Gasteiger partial charge on any atom is 0.416 e. The first-order valence-electron chi connectivity index (χ1n) is 10.9. The molecule has 2 amide bonds. The van der Waals surface area contributed by atoms with Gasteiger partial charge in [0, 0.05) is 46.9 Å². The van der Waals surface area contributed by atoms with Crippen LogP contribution in [0.2, 0.25) is 5.02 Å². The minimum Gasteiger partial charge on any atom is -0.508 e. The van der Waals surface area contributed by atoms with Gasteiger partial charge in [0.1, 0.15) is 18.1 Å². The van der Waals surface area contributed by atoms with Crippen molar-refractivity contribution in [2.75, 3.05) is 14.1 Å². The Kier molecular flexibility index (Phi) is 6.86. The van der Waals surface area contributed by atoms with E-state index in [-0.39, 0.29) is 29.2 Å². The lowest BCUT2D eigenvalue weighted by molar-refractivity contribution is -0.137. The molecule has 0 aromatic heterocycles. The summed E-state index contributed by atoms with van der Waals surface area (Å²) in [5, 5.41) is 9.38. The van der Waals surface area contributed by atoms with Gasteiger partial charge in [0.2, 0.25) is 0 Å². The van der Waals surface area contributed by atoms with E-state index in [1.807, 2.05) is 0 Å². The molecular formula is C26H22ClF3N2O4. The number of phenolic OH excluding ortho intramolecular Hbond substituents is 1. The summed E-state index contributed by atoms with van der Waals surface area (Å²) in [7, 11) is 3.42. The van der Waals surface area contributed by atoms with Crippen LogP contribution in [0.25, 0.3) is 0 Å². The molecule has 0 unspecified atom stereocenters. The molecule has 0 radical (unpaired) electrons. The molecule has 188 valence electrons. The van der Waals surface area contributed by atoms with Crippen LogP contribution in [0.1, 0.15) is 43.0 Å². The molecule has 6 nitrogen and oxygen atoms in total. The average Bonchev–Trinajstić information content (AvgIpc) is 3.29. The van der Waals surface area contributed by atoms with Gasteiger partial charge >= 0.3 is 6.18 Å². The Morgan fingerprint density at radius 3 is 2.08 bits per heavy atom. The zero-order valence-electron chi connectivity index (χ0n) is 19.4. The van der Waals surface area contributed by atoms with E-state index >= 15 is 0 Å². The number of nitrogens with zero attached hydrogens (tertiary/aromatic N) is 2. The fraction of sp³-hybridized carbons (Fsp3) is 0.231. The van der Waals surface area contributed by atoms with Crippen LogP contribution >= 0.6 is 11.6 Å². The minimum atomic E-state index is -4.44. The predicted octanol–water partition coefficient (Wildman–Crippen LogP) is 5.50. The van der Waals surface area contributed by atoms with Crippen LogP contribution in [0.15, 0.2) is 54.6 Å². The van der Waals surface area contributed by atoms with Crippen molar-refractivity contribution in [3.63, 3.8) is 0 Å². The van der Waals surface area contributed by atoms with Crippen molar-refractivity contribution in [2.45, 2.75) is 25.9 Å². The highest BCUT2D eigenvalue weighted by molar-refractivity contribution is 6.31. The van der Waals surface area contributed by atoms with Gasteiger partial charge in [-0.15, -0.1) is 0 Å². The summed E-state index contributed by atoms with van der Waals surface area (Å²) in [6, 6.07) is 13.3. The van der Waals surface area contributed by atoms with Gasteiger partial charge in [-0.25, -0.2) is 0 Å². The molecule has 0 saturated heterocycles. The first kappa shape index (κ1) is 25.4. The summed E-state index contributed by atoms with van der Waals surface area (Å²) in [6.07, 6.45) is -4.44. The number of alkyl halides is 3. The van der Waals surface area contributed by atoms with Crippen molar-refractivity contribution < 1.29 is 32.6 Å². The molecule has 2 aliphatic rings. The third-order valence-electron chi connectivity index (χ3n) is 5.99. The van der Waals surface area contributed by atoms with Gasteiger partial charge in [-0.2, -0.15) is 13.2 Å². The number of fused-ring (bicyclic) bond motifs is 2. The van der Waals surface area contributed by atoms with Gasteiger partial charge in [0.05, 0.1) is 18.7 Å². The number of benzene rings is 3. The third-order valence-corrected chi connectivity index (χ3v) is 6.34. The molecule has 0 atom stereocenters. The Bertz CT molecular complexity index is 1340. The topological polar surface area (TPSA) is 70.1 Å². The van der Waals surface area contributed by atoms with Crippen LogP contribution in [0.4, 0.5) is 13.2 Å². The number of aromatic hydroxyl groups is 1. The molecule has 1 N–H and O–H groups in total. The van der Waals surface area contributed by atoms with Crippen molar-refractivity contribution in [3.8, 4) is 11.5 Å². The van der Waals surface area contributed by atoms with Crippen LogP contribution < -0.4 is 4.74 Å². The monoisotopic (exact) mass is 518 g/mol. The highest BCUT2D eigenvalue weighted by Gasteiger charge is 2.31. The zero-order chi connectivity index (χ0) is 26.2. The number of phenols is 1. The summed E-state index contributed by atoms with van der Waals surface area (Å²) in [5.41, 5.74) is 2.35. The van der Waals surface area contributed by atoms with Crippen LogP contribution in [0, 0.1) is 0 Å². The second-order valence-corrected chi connectivity index (χ2v) is 8.91. The molecule has 3 aromatic carbocycles. The van der Waals surface area contributed by atoms with Gasteiger partial charge in [-0.3, -0.25) is 9.59 Å². The molecule has 0 fully saturated rings. The maximum atomic E-state index is 12.6. The maximum absolute atomic E-state index is 12.6. The van der Waals surface area contributed by atoms with E-state index in [1.54, 1.807) is 60.3 Å². The molecule has 0 aliphatic carbocycles. The van der Waals surface area contributed by atoms with Crippen LogP contribution in [0.5, 0.6) is 11.5 Å². The number of carbonyl (C=O) groups is 2. The molecule has 3 aromatic rings. The van der Waals surface area contributed by atoms with Crippen molar-refractivity contribution in [2.24, 2.45) is 0 Å². The smallest absolute Gasteiger partial charge is 0.416 e. The van der Waals surface area contributed by atoms with E-state index in [1.165, 1.54) is 6.07 Å². The van der Waals surface area contributed by atoms with Crippen molar-refractivity contribution in [1.82, 2.24) is 9.80 Å². The van der Waals surface area contributed by atoms with Gasteiger partial charge in [-0.1, -0.05) is 29.8 Å². The molecule has 36 heavy (non-hydrogen) atoms. The average molecular weight is 519 g/mol. The Labute approximate surface area is 210 Å². The van der Waals surface area contributed by atoms with Gasteiger partial charge in [0.15, 0.2) is 0 Å². The van der Waals surface area contributed by atoms with Crippen molar-refractivity contribution in [3.05, 3.63) is 93.0 Å². The van der Waals surface area contributed by atoms with Crippen LogP contribution in [-0.2, 0) is 25.9 Å². The third kappa shape index (κ3) is 4.97. The number of hydrogen-bond acceptors (Lipinski definition) is 4. The molecule has 2 heterocycles. The van der Waals surface area contributed by atoms with E-state index in [4.69, 9.17) is 16.3 Å². The minimum absolute atomic E-state index is 0.00871. The van der Waals surface area contributed by atoms with E-state index < -0.39 is 11.7 Å². The van der Waals surface area contributed by atoms with E-state index in [0.717, 1.165) is 23.3 Å². The lowest BCUT2D eigenvalue weighted by Gasteiger charge is -2.13. The van der Waals surface area contributed by atoms with Crippen molar-refractivity contribution in [1.29, 1.82) is 0 Å². The largest absolute Gasteiger partial charge is 0.508 e. The second-order valence-electron chi connectivity index (χ2n) is 8.50. The predicted molar refractivity (Wildman–Crippen MR) is 127 cm³/mol. The van der Waals surface area contributed by atoms with Crippen LogP contribution in [0.3, 0.4) is 0 Å². The summed E-state index contributed by atoms with van der Waals surface area (Å²) in [6.45, 7) is 0.969. The highest BCUT2D eigenvalue weighted by atomic mass is 35.5. The highest BCUT2D eigenvalue weighted by Crippen LogP contribution is 2.34. The number of hydrogen-bond donors (Lipinski definition) is 1. The van der Waals surface area contributed by atoms with E-state index in [0.29, 0.717) is 35.5 Å². The molecular weight excluding hydrogens is 497 g/mol. The summed E-state index contributed by atoms with van der Waals surface area (Å²) >= 11 is 5.92. The first-order valence-corrected chi connectivity index (χ1v) is 11.3. The summed E-state index contributed by atoms with van der Waals surface area (Å²) in [4.78, 5) is 26.5. The van der Waals surface area contributed by atoms with Crippen molar-refractivity contribution >= 4 is 23.4 Å². The number of amides is 2. The normalized spacial score (nSPS) is 14.4. The zero-order valence-corrected chi connectivity index (χ0v) is 20.2. The van der Waals surface area contributed by atoms with E-state index in [9.17, 15) is 27.9 Å². The summed E-state index contributed by atoms with van der Waals surface area (Å²) in [5.74, 6) is 0.648. The lowest BCUT2D eigenvalue weighted by Crippen LogP contribution is -2.17. The number of carbonyl (C=O) groups excluding carboxylic acids is 2. The summed E-state index contributed by atoms with van der Waals surface area (Å²) < 4.78 is 43.6. The number of ether oxygens (including phenoxy) is 1. The second kappa shape index (κ2) is 9.73. The quantitative estimate of drug-likeness (QED) is 0.497. The Hall–Kier alpha value is -3.72. The van der Waals surface area contributed by atoms with E-state index in [2.05, 4.69) is 0 Å². The molecule has 5 rings (SSSR count). The Morgan fingerprint density at radius 2 is 1.50 bits per heavy atom. The fourth-order valence-corrected chi connectivity index (χ4v) is 4.27. The first-order chi connectivity index (χ1) is 17.0. The molecule has 2 aliphatic heterocycles. The van der Waals surface area contributed by atoms with Gasteiger partial charge in [-0.05, 0) is 36.4 Å². The molecule has 0 spiro atoms. The van der Waals surface area contributed by atoms with Crippen LogP contribution in [-0.4, -0.2) is 40.8 Å². The standard InChI is InChI=1S/C17H13ClF3NO2.C9H9NO2/c1-22-8-13-12(16(22)23)3-2-4-15(13)24-9-10-5-6-11(7-14(10)18)17(19,20)21;1-10-5-7-6(9(10)12)3-2-4-8(7)11/h2-7H,8-9H2,1H3;2-4,11H,5H2,1H3. The molecule has 10 heteroatoms. The SMILES string of the molecule is CN1Cc2c(O)cccc2C1=O.CN1Cc2c(OCc3ccc(C(F)(F)F)cc3Cl)cccc2C1=O. The van der Waals surface area contributed by atoms with Gasteiger partial charge in [0.25, 0.3) is 11.8 Å². The Morgan fingerprint density at radius 1 is 0.917 bits per heavy atom. The van der Waals surface area contributed by atoms with Gasteiger partial charge < -0.3 is 19.6 Å². The fourth-order valence-electron chi connectivity index (χ4n) is 4.03. The number of halogens is 4. The molecule has 0 bridgehead atoms. The Balaban J connectivity index is 0.000000211. The molecule has 0 saturated carbocycles. The lowest BCUT2D eigenvalue weighted by atomic mass is 10.1. The number of rotatable bonds is 3.